The van der Waals surface area contributed by atoms with Gasteiger partial charge in [0.25, 0.3) is 5.69 Å². The fourth-order valence-electron chi connectivity index (χ4n) is 5.39. The minimum Gasteiger partial charge on any atom is -0.392 e. The molecule has 0 radical (unpaired) electrons. The number of hydrogen-bond acceptors (Lipinski definition) is 6. The quantitative estimate of drug-likeness (QED) is 0.205. The number of oxime groups is 1. The summed E-state index contributed by atoms with van der Waals surface area (Å²) >= 11 is 0. The number of nitrogens with zero attached hydrogens (tertiary/aromatic N) is 4. The lowest BCUT2D eigenvalue weighted by molar-refractivity contribution is -0.384. The van der Waals surface area contributed by atoms with Gasteiger partial charge in [-0.1, -0.05) is 78.0 Å². The van der Waals surface area contributed by atoms with Crippen molar-refractivity contribution in [3.05, 3.63) is 112 Å². The molecule has 0 bridgehead atoms. The molecule has 0 N–H and O–H groups in total. The summed E-state index contributed by atoms with van der Waals surface area (Å²) < 4.78 is 0. The van der Waals surface area contributed by atoms with Crippen LogP contribution in [0, 0.1) is 10.1 Å². The summed E-state index contributed by atoms with van der Waals surface area (Å²) in [7, 11) is 0. The zero-order valence-corrected chi connectivity index (χ0v) is 21.1. The Labute approximate surface area is 218 Å². The molecule has 1 fully saturated rings. The highest BCUT2D eigenvalue weighted by Gasteiger charge is 2.27. The van der Waals surface area contributed by atoms with Gasteiger partial charge < -0.3 is 9.74 Å². The molecule has 0 aliphatic carbocycles. The summed E-state index contributed by atoms with van der Waals surface area (Å²) in [5.74, 6) is 0. The monoisotopic (exact) mass is 498 g/mol. The minimum atomic E-state index is -0.374. The van der Waals surface area contributed by atoms with Crippen molar-refractivity contribution < 1.29 is 9.76 Å². The Balaban J connectivity index is 1.05. The molecule has 5 rings (SSSR count). The van der Waals surface area contributed by atoms with Gasteiger partial charge in [0.2, 0.25) is 0 Å². The van der Waals surface area contributed by atoms with Gasteiger partial charge in [-0.2, -0.15) is 0 Å². The van der Waals surface area contributed by atoms with Gasteiger partial charge in [-0.3, -0.25) is 15.0 Å². The van der Waals surface area contributed by atoms with Crippen molar-refractivity contribution in [1.29, 1.82) is 0 Å². The molecular weight excluding hydrogens is 464 g/mol. The highest BCUT2D eigenvalue weighted by Crippen LogP contribution is 2.29. The molecule has 0 amide bonds. The van der Waals surface area contributed by atoms with Crippen LogP contribution in [0.2, 0.25) is 0 Å². The number of hydrogen-bond donors (Lipinski definition) is 0. The van der Waals surface area contributed by atoms with Gasteiger partial charge in [-0.05, 0) is 36.9 Å². The summed E-state index contributed by atoms with van der Waals surface area (Å²) in [6, 6.07) is 28.6. The Kier molecular flexibility index (Phi) is 8.23. The molecule has 2 aliphatic heterocycles. The van der Waals surface area contributed by atoms with E-state index >= 15 is 0 Å². The lowest BCUT2D eigenvalue weighted by atomic mass is 9.96. The average molecular weight is 499 g/mol. The third-order valence-electron chi connectivity index (χ3n) is 7.38. The van der Waals surface area contributed by atoms with Crippen molar-refractivity contribution in [3.8, 4) is 0 Å². The van der Waals surface area contributed by atoms with E-state index in [0.717, 1.165) is 63.3 Å². The van der Waals surface area contributed by atoms with Gasteiger partial charge in [0, 0.05) is 50.3 Å². The van der Waals surface area contributed by atoms with Crippen LogP contribution in [0.1, 0.15) is 48.4 Å². The second kappa shape index (κ2) is 12.1. The molecule has 0 saturated carbocycles. The van der Waals surface area contributed by atoms with E-state index in [2.05, 4.69) is 75.6 Å². The van der Waals surface area contributed by atoms with E-state index in [0.29, 0.717) is 12.5 Å². The van der Waals surface area contributed by atoms with E-state index in [1.807, 2.05) is 6.07 Å². The van der Waals surface area contributed by atoms with Gasteiger partial charge in [0.1, 0.15) is 6.10 Å². The third kappa shape index (κ3) is 6.42. The Morgan fingerprint density at radius 3 is 2.22 bits per heavy atom. The van der Waals surface area contributed by atoms with Gasteiger partial charge in [-0.25, -0.2) is 0 Å². The Bertz CT molecular complexity index is 1150. The largest absolute Gasteiger partial charge is 0.392 e. The molecule has 0 spiro atoms. The second-order valence-electron chi connectivity index (χ2n) is 9.87. The van der Waals surface area contributed by atoms with E-state index in [4.69, 9.17) is 4.84 Å². The van der Waals surface area contributed by atoms with E-state index in [1.165, 1.54) is 17.2 Å². The Morgan fingerprint density at radius 1 is 0.892 bits per heavy atom. The molecule has 3 aromatic carbocycles. The maximum Gasteiger partial charge on any atom is 0.270 e. The predicted molar refractivity (Wildman–Crippen MR) is 146 cm³/mol. The van der Waals surface area contributed by atoms with Crippen molar-refractivity contribution in [3.63, 3.8) is 0 Å². The highest BCUT2D eigenvalue weighted by atomic mass is 16.6. The molecular formula is C30H34N4O3. The fourth-order valence-corrected chi connectivity index (χ4v) is 5.39. The van der Waals surface area contributed by atoms with Crippen LogP contribution in [-0.4, -0.2) is 59.3 Å². The first-order valence-electron chi connectivity index (χ1n) is 13.2. The average Bonchev–Trinajstić information content (AvgIpc) is 3.42. The number of unbranched alkanes of at least 4 members (excludes halogenated alkanes) is 1. The zero-order chi connectivity index (χ0) is 25.5. The molecule has 7 heteroatoms. The highest BCUT2D eigenvalue weighted by molar-refractivity contribution is 6.01. The van der Waals surface area contributed by atoms with E-state index in [1.54, 1.807) is 12.1 Å². The summed E-state index contributed by atoms with van der Waals surface area (Å²) in [5.41, 5.74) is 4.37. The first-order valence-corrected chi connectivity index (χ1v) is 13.2. The molecule has 1 unspecified atom stereocenters. The summed E-state index contributed by atoms with van der Waals surface area (Å²) in [5, 5.41) is 15.3. The lowest BCUT2D eigenvalue weighted by Gasteiger charge is -2.40. The van der Waals surface area contributed by atoms with E-state index in [9.17, 15) is 10.1 Å². The van der Waals surface area contributed by atoms with E-state index in [-0.39, 0.29) is 16.7 Å². The number of nitro groups is 1. The van der Waals surface area contributed by atoms with Gasteiger partial charge >= 0.3 is 0 Å². The first kappa shape index (κ1) is 25.1. The second-order valence-corrected chi connectivity index (χ2v) is 9.87. The number of nitro benzene ring substituents is 1. The minimum absolute atomic E-state index is 0.0589. The molecule has 2 heterocycles. The molecule has 3 aromatic rings. The first-order chi connectivity index (χ1) is 18.2. The van der Waals surface area contributed by atoms with Crippen molar-refractivity contribution in [2.75, 3.05) is 32.7 Å². The number of piperazine rings is 1. The SMILES string of the molecule is O=[N+]([O-])c1cccc(C2=NOC(CCCCN3CCN(C(c4ccccc4)c4ccccc4)CC3)C2)c1. The topological polar surface area (TPSA) is 71.2 Å². The molecule has 1 saturated heterocycles. The summed E-state index contributed by atoms with van der Waals surface area (Å²) in [6.45, 7) is 5.37. The third-order valence-corrected chi connectivity index (χ3v) is 7.38. The van der Waals surface area contributed by atoms with Crippen molar-refractivity contribution >= 4 is 11.4 Å². The zero-order valence-electron chi connectivity index (χ0n) is 21.1. The molecule has 192 valence electrons. The maximum absolute atomic E-state index is 11.0. The van der Waals surface area contributed by atoms with E-state index < -0.39 is 0 Å². The van der Waals surface area contributed by atoms with Gasteiger partial charge in [0.15, 0.2) is 0 Å². The van der Waals surface area contributed by atoms with Crippen LogP contribution < -0.4 is 0 Å². The predicted octanol–water partition coefficient (Wildman–Crippen LogP) is 5.67. The summed E-state index contributed by atoms with van der Waals surface area (Å²) in [4.78, 5) is 21.5. The number of benzene rings is 3. The van der Waals surface area contributed by atoms with Crippen molar-refractivity contribution in [1.82, 2.24) is 9.80 Å². The molecule has 0 aromatic heterocycles. The Hall–Kier alpha value is -3.55. The van der Waals surface area contributed by atoms with Crippen molar-refractivity contribution in [2.45, 2.75) is 37.8 Å². The summed E-state index contributed by atoms with van der Waals surface area (Å²) in [6.07, 6.45) is 3.93. The van der Waals surface area contributed by atoms with Crippen LogP contribution in [0.15, 0.2) is 90.1 Å². The molecule has 1 atom stereocenters. The van der Waals surface area contributed by atoms with Crippen molar-refractivity contribution in [2.24, 2.45) is 5.16 Å². The molecule has 37 heavy (non-hydrogen) atoms. The van der Waals surface area contributed by atoms with Crippen LogP contribution in [0.5, 0.6) is 0 Å². The van der Waals surface area contributed by atoms with Crippen LogP contribution in [0.4, 0.5) is 5.69 Å². The van der Waals surface area contributed by atoms with Crippen LogP contribution in [-0.2, 0) is 4.84 Å². The maximum atomic E-state index is 11.0. The smallest absolute Gasteiger partial charge is 0.270 e. The Morgan fingerprint density at radius 2 is 1.57 bits per heavy atom. The number of rotatable bonds is 10. The molecule has 2 aliphatic rings. The van der Waals surface area contributed by atoms with Gasteiger partial charge in [0.05, 0.1) is 16.7 Å². The molecule has 7 nitrogen and oxygen atoms in total. The number of non-ortho nitro benzene ring substituents is 1. The lowest BCUT2D eigenvalue weighted by Crippen LogP contribution is -2.48. The van der Waals surface area contributed by atoms with Crippen LogP contribution in [0.25, 0.3) is 0 Å². The fraction of sp³-hybridized carbons (Fsp3) is 0.367. The van der Waals surface area contributed by atoms with Crippen LogP contribution >= 0.6 is 0 Å². The van der Waals surface area contributed by atoms with Gasteiger partial charge in [-0.15, -0.1) is 0 Å². The normalized spacial score (nSPS) is 18.5. The standard InChI is InChI=1S/C30H34N4O3/c35-34(36)27-15-9-14-26(22-27)29-23-28(37-31-29)16-7-8-17-32-18-20-33(21-19-32)30(24-10-3-1-4-11-24)25-12-5-2-6-13-25/h1-6,9-15,22,28,30H,7-8,16-21,23H2. The van der Waals surface area contributed by atoms with Crippen LogP contribution in [0.3, 0.4) is 0 Å².